The molecule has 0 aromatic rings. The van der Waals surface area contributed by atoms with E-state index < -0.39 is 6.04 Å². The van der Waals surface area contributed by atoms with Crippen molar-refractivity contribution in [1.82, 2.24) is 5.32 Å². The van der Waals surface area contributed by atoms with Gasteiger partial charge < -0.3 is 10.1 Å². The second-order valence-electron chi connectivity index (χ2n) is 2.90. The Morgan fingerprint density at radius 2 is 2.08 bits per heavy atom. The number of nitrogens with one attached hydrogen (secondary N) is 1. The average molecular weight is 185 g/mol. The molecule has 0 aliphatic carbocycles. The summed E-state index contributed by atoms with van der Waals surface area (Å²) in [5, 5.41) is 2.41. The van der Waals surface area contributed by atoms with Gasteiger partial charge >= 0.3 is 0 Å². The molecule has 0 heterocycles. The number of carbonyl (C=O) groups is 3. The zero-order valence-electron chi connectivity index (χ0n) is 8.00. The summed E-state index contributed by atoms with van der Waals surface area (Å²) in [5.74, 6) is -0.00467. The van der Waals surface area contributed by atoms with Crippen LogP contribution in [0.25, 0.3) is 0 Å². The molecule has 4 nitrogen and oxygen atoms in total. The minimum atomic E-state index is -0.494. The average Bonchev–Trinajstić information content (AvgIpc) is 2.10. The van der Waals surface area contributed by atoms with Gasteiger partial charge in [0.2, 0.25) is 6.41 Å². The molecule has 0 aliphatic heterocycles. The molecule has 0 aromatic carbocycles. The molecular weight excluding hydrogens is 170 g/mol. The highest BCUT2D eigenvalue weighted by molar-refractivity contribution is 5.86. The minimum absolute atomic E-state index is 0.0293. The highest BCUT2D eigenvalue weighted by atomic mass is 16.1. The van der Waals surface area contributed by atoms with E-state index in [9.17, 15) is 14.4 Å². The first-order valence-corrected chi connectivity index (χ1v) is 4.33. The molecule has 0 saturated heterocycles. The van der Waals surface area contributed by atoms with Crippen molar-refractivity contribution in [3.8, 4) is 0 Å². The van der Waals surface area contributed by atoms with Crippen molar-refractivity contribution in [2.75, 3.05) is 0 Å². The number of amides is 1. The molecule has 0 aromatic heterocycles. The monoisotopic (exact) mass is 185 g/mol. The number of ketones is 2. The van der Waals surface area contributed by atoms with E-state index in [1.165, 1.54) is 6.92 Å². The first-order chi connectivity index (χ1) is 6.11. The van der Waals surface area contributed by atoms with Gasteiger partial charge in [0.15, 0.2) is 5.78 Å². The third-order valence-electron chi connectivity index (χ3n) is 1.79. The van der Waals surface area contributed by atoms with E-state index in [4.69, 9.17) is 0 Å². The van der Waals surface area contributed by atoms with Crippen molar-refractivity contribution in [2.24, 2.45) is 0 Å². The molecule has 13 heavy (non-hydrogen) atoms. The summed E-state index contributed by atoms with van der Waals surface area (Å²) in [4.78, 5) is 31.9. The lowest BCUT2D eigenvalue weighted by Gasteiger charge is -2.12. The van der Waals surface area contributed by atoms with Crippen molar-refractivity contribution in [1.29, 1.82) is 0 Å². The Balaban J connectivity index is 4.00. The standard InChI is InChI=1S/C9H15NO3/c1-3-9(13)8(10-6-11)5-4-7(2)12/h6,8H,3-5H2,1-2H3,(H,10,11)/t8-/m0/s1. The van der Waals surface area contributed by atoms with E-state index in [-0.39, 0.29) is 11.6 Å². The fourth-order valence-electron chi connectivity index (χ4n) is 1.01. The maximum absolute atomic E-state index is 11.2. The summed E-state index contributed by atoms with van der Waals surface area (Å²) in [6.07, 6.45) is 1.61. The molecule has 0 saturated carbocycles. The van der Waals surface area contributed by atoms with Crippen LogP contribution in [0, 0.1) is 0 Å². The number of rotatable bonds is 7. The van der Waals surface area contributed by atoms with Gasteiger partial charge in [0.05, 0.1) is 6.04 Å². The van der Waals surface area contributed by atoms with Gasteiger partial charge in [-0.2, -0.15) is 0 Å². The van der Waals surface area contributed by atoms with Crippen LogP contribution in [0.2, 0.25) is 0 Å². The van der Waals surface area contributed by atoms with Crippen LogP contribution in [0.1, 0.15) is 33.1 Å². The Morgan fingerprint density at radius 3 is 2.46 bits per heavy atom. The molecule has 0 aliphatic rings. The lowest BCUT2D eigenvalue weighted by Crippen LogP contribution is -2.35. The van der Waals surface area contributed by atoms with Gasteiger partial charge in [-0.3, -0.25) is 9.59 Å². The Labute approximate surface area is 77.7 Å². The van der Waals surface area contributed by atoms with Gasteiger partial charge in [-0.15, -0.1) is 0 Å². The SMILES string of the molecule is CCC(=O)[C@H](CCC(C)=O)NC=O. The van der Waals surface area contributed by atoms with E-state index >= 15 is 0 Å². The minimum Gasteiger partial charge on any atom is -0.349 e. The van der Waals surface area contributed by atoms with E-state index in [0.29, 0.717) is 25.7 Å². The quantitative estimate of drug-likeness (QED) is 0.586. The van der Waals surface area contributed by atoms with Crippen LogP contribution in [0.5, 0.6) is 0 Å². The van der Waals surface area contributed by atoms with Gasteiger partial charge in [-0.25, -0.2) is 0 Å². The fourth-order valence-corrected chi connectivity index (χ4v) is 1.01. The van der Waals surface area contributed by atoms with Crippen LogP contribution < -0.4 is 5.32 Å². The number of Topliss-reactive ketones (excluding diaryl/α,β-unsaturated/α-hetero) is 2. The summed E-state index contributed by atoms with van der Waals surface area (Å²) in [6.45, 7) is 3.20. The zero-order chi connectivity index (χ0) is 10.3. The first-order valence-electron chi connectivity index (χ1n) is 4.33. The Morgan fingerprint density at radius 1 is 1.46 bits per heavy atom. The molecule has 0 unspecified atom stereocenters. The van der Waals surface area contributed by atoms with Crippen LogP contribution in [-0.4, -0.2) is 24.0 Å². The van der Waals surface area contributed by atoms with Crippen LogP contribution >= 0.6 is 0 Å². The van der Waals surface area contributed by atoms with Crippen molar-refractivity contribution in [3.63, 3.8) is 0 Å². The molecule has 1 amide bonds. The molecule has 0 bridgehead atoms. The lowest BCUT2D eigenvalue weighted by molar-refractivity contribution is -0.124. The maximum atomic E-state index is 11.2. The zero-order valence-corrected chi connectivity index (χ0v) is 8.00. The summed E-state index contributed by atoms with van der Waals surface area (Å²) in [5.41, 5.74) is 0. The van der Waals surface area contributed by atoms with Gasteiger partial charge in [0, 0.05) is 12.8 Å². The summed E-state index contributed by atoms with van der Waals surface area (Å²) in [6, 6.07) is -0.494. The number of carbonyl (C=O) groups excluding carboxylic acids is 3. The largest absolute Gasteiger partial charge is 0.349 e. The van der Waals surface area contributed by atoms with Gasteiger partial charge in [-0.1, -0.05) is 6.92 Å². The van der Waals surface area contributed by atoms with Gasteiger partial charge in [0.25, 0.3) is 0 Å². The smallest absolute Gasteiger partial charge is 0.207 e. The lowest BCUT2D eigenvalue weighted by atomic mass is 10.0. The molecule has 0 rings (SSSR count). The summed E-state index contributed by atoms with van der Waals surface area (Å²) >= 11 is 0. The van der Waals surface area contributed by atoms with E-state index in [1.807, 2.05) is 0 Å². The van der Waals surface area contributed by atoms with E-state index in [1.54, 1.807) is 6.92 Å². The number of hydrogen-bond acceptors (Lipinski definition) is 3. The van der Waals surface area contributed by atoms with Crippen LogP contribution in [0.15, 0.2) is 0 Å². The highest BCUT2D eigenvalue weighted by Crippen LogP contribution is 2.01. The van der Waals surface area contributed by atoms with E-state index in [2.05, 4.69) is 5.32 Å². The fraction of sp³-hybridized carbons (Fsp3) is 0.667. The topological polar surface area (TPSA) is 63.2 Å². The van der Waals surface area contributed by atoms with Crippen molar-refractivity contribution < 1.29 is 14.4 Å². The summed E-state index contributed by atoms with van der Waals surface area (Å²) in [7, 11) is 0. The van der Waals surface area contributed by atoms with Gasteiger partial charge in [0.1, 0.15) is 5.78 Å². The molecule has 0 fully saturated rings. The second kappa shape index (κ2) is 6.34. The molecule has 1 N–H and O–H groups in total. The normalized spacial score (nSPS) is 11.8. The third-order valence-corrected chi connectivity index (χ3v) is 1.79. The first kappa shape index (κ1) is 11.8. The number of hydrogen-bond donors (Lipinski definition) is 1. The predicted molar refractivity (Wildman–Crippen MR) is 48.2 cm³/mol. The van der Waals surface area contributed by atoms with Crippen molar-refractivity contribution in [3.05, 3.63) is 0 Å². The Kier molecular flexibility index (Phi) is 5.76. The molecule has 1 atom stereocenters. The van der Waals surface area contributed by atoms with Crippen molar-refractivity contribution in [2.45, 2.75) is 39.2 Å². The molecule has 0 spiro atoms. The van der Waals surface area contributed by atoms with Crippen LogP contribution in [-0.2, 0) is 14.4 Å². The summed E-state index contributed by atoms with van der Waals surface area (Å²) < 4.78 is 0. The van der Waals surface area contributed by atoms with Crippen molar-refractivity contribution >= 4 is 18.0 Å². The molecular formula is C9H15NO3. The van der Waals surface area contributed by atoms with Crippen LogP contribution in [0.3, 0.4) is 0 Å². The second-order valence-corrected chi connectivity index (χ2v) is 2.90. The maximum Gasteiger partial charge on any atom is 0.207 e. The predicted octanol–water partition coefficient (Wildman–Crippen LogP) is 0.449. The van der Waals surface area contributed by atoms with E-state index in [0.717, 1.165) is 0 Å². The Bertz CT molecular complexity index is 201. The highest BCUT2D eigenvalue weighted by Gasteiger charge is 2.15. The van der Waals surface area contributed by atoms with Gasteiger partial charge in [-0.05, 0) is 13.3 Å². The third kappa shape index (κ3) is 5.11. The molecule has 74 valence electrons. The van der Waals surface area contributed by atoms with Crippen LogP contribution in [0.4, 0.5) is 0 Å². The molecule has 0 radical (unpaired) electrons. The molecule has 4 heteroatoms. The Hall–Kier alpha value is -1.19.